The second-order valence-corrected chi connectivity index (χ2v) is 3.03. The Kier molecular flexibility index (Phi) is 4.85. The van der Waals surface area contributed by atoms with E-state index >= 15 is 0 Å². The molecular formula is C10H12F2N4O2. The molecule has 1 aromatic carbocycles. The highest BCUT2D eigenvalue weighted by Gasteiger charge is 2.13. The first kappa shape index (κ1) is 13.7. The van der Waals surface area contributed by atoms with Crippen LogP contribution in [-0.4, -0.2) is 25.9 Å². The molecule has 0 spiro atoms. The minimum Gasteiger partial charge on any atom is -0.493 e. The minimum atomic E-state index is -2.98. The highest BCUT2D eigenvalue weighted by atomic mass is 19.3. The summed E-state index contributed by atoms with van der Waals surface area (Å²) >= 11 is 0. The van der Waals surface area contributed by atoms with E-state index in [1.165, 1.54) is 25.5 Å². The highest BCUT2D eigenvalue weighted by molar-refractivity contribution is 5.86. The van der Waals surface area contributed by atoms with Crippen LogP contribution in [0.1, 0.15) is 5.56 Å². The number of guanidine groups is 1. The molecule has 0 aliphatic carbocycles. The predicted molar refractivity (Wildman–Crippen MR) is 63.0 cm³/mol. The van der Waals surface area contributed by atoms with Gasteiger partial charge >= 0.3 is 6.61 Å². The van der Waals surface area contributed by atoms with Crippen LogP contribution in [0.4, 0.5) is 8.78 Å². The molecule has 98 valence electrons. The van der Waals surface area contributed by atoms with Gasteiger partial charge in [0.25, 0.3) is 0 Å². The van der Waals surface area contributed by atoms with Crippen molar-refractivity contribution in [2.24, 2.45) is 21.7 Å². The smallest absolute Gasteiger partial charge is 0.387 e. The molecule has 0 aliphatic heterocycles. The first-order valence-corrected chi connectivity index (χ1v) is 4.78. The van der Waals surface area contributed by atoms with Crippen LogP contribution in [-0.2, 0) is 0 Å². The van der Waals surface area contributed by atoms with E-state index in [1.54, 1.807) is 6.07 Å². The van der Waals surface area contributed by atoms with Crippen molar-refractivity contribution in [3.05, 3.63) is 23.8 Å². The Morgan fingerprint density at radius 2 is 2.11 bits per heavy atom. The number of hydrogen-bond donors (Lipinski definition) is 2. The van der Waals surface area contributed by atoms with E-state index in [2.05, 4.69) is 14.9 Å². The molecule has 1 rings (SSSR count). The molecule has 0 unspecified atom stereocenters. The normalized spacial score (nSPS) is 10.7. The van der Waals surface area contributed by atoms with Gasteiger partial charge in [0.2, 0.25) is 5.96 Å². The van der Waals surface area contributed by atoms with Gasteiger partial charge in [-0.2, -0.15) is 13.9 Å². The van der Waals surface area contributed by atoms with Gasteiger partial charge in [0.15, 0.2) is 11.5 Å². The van der Waals surface area contributed by atoms with Crippen molar-refractivity contribution in [1.29, 1.82) is 0 Å². The predicted octanol–water partition coefficient (Wildman–Crippen LogP) is 0.904. The van der Waals surface area contributed by atoms with Crippen molar-refractivity contribution in [2.75, 3.05) is 7.11 Å². The molecular weight excluding hydrogens is 246 g/mol. The lowest BCUT2D eigenvalue weighted by molar-refractivity contribution is -0.0513. The molecule has 4 N–H and O–H groups in total. The summed E-state index contributed by atoms with van der Waals surface area (Å²) in [6, 6.07) is 4.58. The summed E-state index contributed by atoms with van der Waals surface area (Å²) in [4.78, 5) is 0. The Hall–Kier alpha value is -2.38. The van der Waals surface area contributed by atoms with Gasteiger partial charge in [-0.15, -0.1) is 5.10 Å². The first-order chi connectivity index (χ1) is 8.54. The SMILES string of the molecule is COc1cccc(C=NN=C(N)N)c1OC(F)F. The Morgan fingerprint density at radius 3 is 2.67 bits per heavy atom. The topological polar surface area (TPSA) is 95.2 Å². The number of nitrogens with zero attached hydrogens (tertiary/aromatic N) is 2. The number of rotatable bonds is 5. The Morgan fingerprint density at radius 1 is 1.39 bits per heavy atom. The lowest BCUT2D eigenvalue weighted by atomic mass is 10.2. The molecule has 0 amide bonds. The van der Waals surface area contributed by atoms with E-state index in [4.69, 9.17) is 16.2 Å². The zero-order valence-corrected chi connectivity index (χ0v) is 9.51. The van der Waals surface area contributed by atoms with E-state index in [0.717, 1.165) is 0 Å². The van der Waals surface area contributed by atoms with Crippen molar-refractivity contribution in [1.82, 2.24) is 0 Å². The van der Waals surface area contributed by atoms with Crippen molar-refractivity contribution >= 4 is 12.2 Å². The largest absolute Gasteiger partial charge is 0.493 e. The second-order valence-electron chi connectivity index (χ2n) is 3.03. The van der Waals surface area contributed by atoms with Crippen LogP contribution in [0, 0.1) is 0 Å². The van der Waals surface area contributed by atoms with Gasteiger partial charge in [-0.25, -0.2) is 0 Å². The highest BCUT2D eigenvalue weighted by Crippen LogP contribution is 2.31. The first-order valence-electron chi connectivity index (χ1n) is 4.78. The third-order valence-electron chi connectivity index (χ3n) is 1.81. The maximum absolute atomic E-state index is 12.3. The monoisotopic (exact) mass is 258 g/mol. The molecule has 18 heavy (non-hydrogen) atoms. The molecule has 0 saturated carbocycles. The number of para-hydroxylation sites is 1. The van der Waals surface area contributed by atoms with Crippen molar-refractivity contribution in [3.8, 4) is 11.5 Å². The molecule has 0 aliphatic rings. The number of benzene rings is 1. The van der Waals surface area contributed by atoms with Crippen LogP contribution in [0.5, 0.6) is 11.5 Å². The lowest BCUT2D eigenvalue weighted by Crippen LogP contribution is -2.21. The molecule has 0 bridgehead atoms. The molecule has 0 radical (unpaired) electrons. The third-order valence-corrected chi connectivity index (χ3v) is 1.81. The van der Waals surface area contributed by atoms with E-state index in [9.17, 15) is 8.78 Å². The van der Waals surface area contributed by atoms with Gasteiger partial charge in [-0.1, -0.05) is 6.07 Å². The van der Waals surface area contributed by atoms with Crippen LogP contribution in [0.15, 0.2) is 28.4 Å². The van der Waals surface area contributed by atoms with Crippen LogP contribution >= 0.6 is 0 Å². The third kappa shape index (κ3) is 3.89. The van der Waals surface area contributed by atoms with Gasteiger partial charge in [-0.3, -0.25) is 0 Å². The fourth-order valence-electron chi connectivity index (χ4n) is 1.17. The molecule has 8 heteroatoms. The molecule has 0 fully saturated rings. The van der Waals surface area contributed by atoms with E-state index in [-0.39, 0.29) is 23.0 Å². The molecule has 6 nitrogen and oxygen atoms in total. The van der Waals surface area contributed by atoms with Crippen LogP contribution in [0.25, 0.3) is 0 Å². The molecule has 0 aromatic heterocycles. The number of alkyl halides is 2. The fraction of sp³-hybridized carbons (Fsp3) is 0.200. The Bertz CT molecular complexity index is 459. The molecule has 0 saturated heterocycles. The van der Waals surface area contributed by atoms with E-state index in [0.29, 0.717) is 0 Å². The van der Waals surface area contributed by atoms with Gasteiger partial charge < -0.3 is 20.9 Å². The quantitative estimate of drug-likeness (QED) is 0.466. The standard InChI is InChI=1S/C10H12F2N4O2/c1-17-7-4-2-3-6(5-15-16-10(13)14)8(7)18-9(11)12/h2-5,9H,1H3,(H4,13,14,16). The Labute approximate surface area is 102 Å². The minimum absolute atomic E-state index is 0.135. The summed E-state index contributed by atoms with van der Waals surface area (Å²) in [5, 5.41) is 6.87. The number of halogens is 2. The van der Waals surface area contributed by atoms with Crippen molar-refractivity contribution in [3.63, 3.8) is 0 Å². The average molecular weight is 258 g/mol. The number of methoxy groups -OCH3 is 1. The van der Waals surface area contributed by atoms with Gasteiger partial charge in [-0.05, 0) is 12.1 Å². The zero-order chi connectivity index (χ0) is 13.5. The van der Waals surface area contributed by atoms with Gasteiger partial charge in [0.05, 0.1) is 13.3 Å². The van der Waals surface area contributed by atoms with Gasteiger partial charge in [0, 0.05) is 5.56 Å². The van der Waals surface area contributed by atoms with Crippen LogP contribution in [0.3, 0.4) is 0 Å². The number of nitrogens with two attached hydrogens (primary N) is 2. The summed E-state index contributed by atoms with van der Waals surface area (Å²) in [6.07, 6.45) is 1.18. The second kappa shape index (κ2) is 6.38. The summed E-state index contributed by atoms with van der Waals surface area (Å²) < 4.78 is 33.8. The summed E-state index contributed by atoms with van der Waals surface area (Å²) in [6.45, 7) is -2.98. The van der Waals surface area contributed by atoms with Crippen molar-refractivity contribution in [2.45, 2.75) is 6.61 Å². The van der Waals surface area contributed by atoms with Crippen molar-refractivity contribution < 1.29 is 18.3 Å². The summed E-state index contributed by atoms with van der Waals surface area (Å²) in [5.74, 6) is -0.223. The van der Waals surface area contributed by atoms with Crippen LogP contribution in [0.2, 0.25) is 0 Å². The molecule has 1 aromatic rings. The maximum Gasteiger partial charge on any atom is 0.387 e. The summed E-state index contributed by atoms with van der Waals surface area (Å²) in [7, 11) is 1.34. The Balaban J connectivity index is 3.09. The fourth-order valence-corrected chi connectivity index (χ4v) is 1.17. The van der Waals surface area contributed by atoms with Gasteiger partial charge in [0.1, 0.15) is 0 Å². The number of ether oxygens (including phenoxy) is 2. The lowest BCUT2D eigenvalue weighted by Gasteiger charge is -2.11. The summed E-state index contributed by atoms with van der Waals surface area (Å²) in [5.41, 5.74) is 10.4. The zero-order valence-electron chi connectivity index (χ0n) is 9.51. The average Bonchev–Trinajstić information content (AvgIpc) is 2.30. The maximum atomic E-state index is 12.3. The van der Waals surface area contributed by atoms with E-state index in [1.807, 2.05) is 0 Å². The van der Waals surface area contributed by atoms with E-state index < -0.39 is 6.61 Å². The number of hydrogen-bond acceptors (Lipinski definition) is 4. The molecule has 0 atom stereocenters. The molecule has 0 heterocycles. The van der Waals surface area contributed by atoms with Crippen LogP contribution < -0.4 is 20.9 Å².